The predicted molar refractivity (Wildman–Crippen MR) is 97.6 cm³/mol. The Morgan fingerprint density at radius 3 is 2.61 bits per heavy atom. The molecule has 0 atom stereocenters. The van der Waals surface area contributed by atoms with Crippen molar-refractivity contribution < 1.29 is 9.90 Å². The number of hydrogen-bond acceptors (Lipinski definition) is 4. The molecule has 0 spiro atoms. The molecule has 3 nitrogen and oxygen atoms in total. The third-order valence-corrected chi connectivity index (χ3v) is 5.58. The average Bonchev–Trinajstić information content (AvgIpc) is 2.89. The van der Waals surface area contributed by atoms with Crippen molar-refractivity contribution in [3.8, 4) is 0 Å². The van der Waals surface area contributed by atoms with Crippen LogP contribution in [-0.2, 0) is 6.42 Å². The maximum atomic E-state index is 12.5. The number of carbonyl (C=O) groups is 1. The molecule has 0 amide bonds. The first-order valence-corrected chi connectivity index (χ1v) is 9.44. The van der Waals surface area contributed by atoms with Crippen LogP contribution in [-0.4, -0.2) is 34.8 Å². The number of unbranched alkanes of at least 4 members (excludes halogenated alkanes) is 2. The molecule has 1 aromatic rings. The van der Waals surface area contributed by atoms with Crippen molar-refractivity contribution in [2.45, 2.75) is 46.0 Å². The topological polar surface area (TPSA) is 40.5 Å². The van der Waals surface area contributed by atoms with Gasteiger partial charge >= 0.3 is 0 Å². The van der Waals surface area contributed by atoms with E-state index in [4.69, 9.17) is 5.11 Å². The summed E-state index contributed by atoms with van der Waals surface area (Å²) in [6.45, 7) is 4.83. The van der Waals surface area contributed by atoms with Gasteiger partial charge in [-0.3, -0.25) is 4.79 Å². The molecule has 0 radical (unpaired) electrons. The van der Waals surface area contributed by atoms with Crippen LogP contribution < -0.4 is 0 Å². The fourth-order valence-electron chi connectivity index (χ4n) is 2.75. The number of benzene rings is 1. The largest absolute Gasteiger partial charge is 0.396 e. The zero-order chi connectivity index (χ0) is 16.7. The molecular weight excluding hydrogens is 306 g/mol. The number of aryl methyl sites for hydroxylation is 1. The molecule has 0 aliphatic carbocycles. The Hall–Kier alpha value is -1.26. The highest BCUT2D eigenvalue weighted by atomic mass is 32.2. The maximum Gasteiger partial charge on any atom is 0.182 e. The number of nitrogens with zero attached hydrogens (tertiary/aromatic N) is 1. The summed E-state index contributed by atoms with van der Waals surface area (Å²) in [6, 6.07) is 8.09. The minimum absolute atomic E-state index is 0.162. The normalized spacial score (nSPS) is 14.7. The summed E-state index contributed by atoms with van der Waals surface area (Å²) in [7, 11) is 0. The van der Waals surface area contributed by atoms with E-state index >= 15 is 0 Å². The van der Waals surface area contributed by atoms with E-state index in [1.165, 1.54) is 29.7 Å². The highest BCUT2D eigenvalue weighted by molar-refractivity contribution is 8.03. The van der Waals surface area contributed by atoms with E-state index < -0.39 is 0 Å². The van der Waals surface area contributed by atoms with E-state index in [1.54, 1.807) is 11.8 Å². The number of hydrogen-bond donors (Lipinski definition) is 1. The molecule has 1 N–H and O–H groups in total. The van der Waals surface area contributed by atoms with Gasteiger partial charge in [-0.05, 0) is 25.3 Å². The van der Waals surface area contributed by atoms with Crippen LogP contribution in [0.2, 0.25) is 0 Å². The first-order chi connectivity index (χ1) is 11.2. The summed E-state index contributed by atoms with van der Waals surface area (Å²) < 4.78 is 0. The van der Waals surface area contributed by atoms with E-state index in [1.807, 2.05) is 19.1 Å². The fourth-order valence-corrected chi connectivity index (χ4v) is 3.92. The van der Waals surface area contributed by atoms with Crippen LogP contribution in [0.25, 0.3) is 0 Å². The molecule has 1 heterocycles. The number of aliphatic hydroxyl groups is 1. The summed E-state index contributed by atoms with van der Waals surface area (Å²) in [5.74, 6) is 0.970. The van der Waals surface area contributed by atoms with Crippen LogP contribution in [0.15, 0.2) is 34.9 Å². The van der Waals surface area contributed by atoms with Gasteiger partial charge in [-0.25, -0.2) is 0 Å². The molecule has 1 aromatic carbocycles. The third kappa shape index (κ3) is 5.11. The second-order valence-corrected chi connectivity index (χ2v) is 7.07. The van der Waals surface area contributed by atoms with Crippen LogP contribution in [0.3, 0.4) is 0 Å². The lowest BCUT2D eigenvalue weighted by molar-refractivity contribution is 0.0958. The zero-order valence-corrected chi connectivity index (χ0v) is 15.0. The van der Waals surface area contributed by atoms with Crippen molar-refractivity contribution in [1.82, 2.24) is 4.90 Å². The van der Waals surface area contributed by atoms with Crippen LogP contribution in [0, 0.1) is 0 Å². The van der Waals surface area contributed by atoms with Crippen molar-refractivity contribution in [3.05, 3.63) is 46.0 Å². The summed E-state index contributed by atoms with van der Waals surface area (Å²) in [5.41, 5.74) is 3.24. The van der Waals surface area contributed by atoms with Gasteiger partial charge in [0.25, 0.3) is 0 Å². The number of Topliss-reactive ketones (excluding diaryl/α,β-unsaturated/α-hetero) is 1. The number of thioether (sulfide) groups is 1. The molecule has 1 aliphatic rings. The molecule has 1 aliphatic heterocycles. The molecule has 0 saturated heterocycles. The molecule has 4 heteroatoms. The maximum absolute atomic E-state index is 12.5. The monoisotopic (exact) mass is 333 g/mol. The molecule has 126 valence electrons. The molecule has 0 fully saturated rings. The lowest BCUT2D eigenvalue weighted by Crippen LogP contribution is -2.25. The summed E-state index contributed by atoms with van der Waals surface area (Å²) in [6.07, 6.45) is 5.49. The first-order valence-electron chi connectivity index (χ1n) is 8.46. The van der Waals surface area contributed by atoms with Gasteiger partial charge in [-0.15, -0.1) is 11.8 Å². The van der Waals surface area contributed by atoms with E-state index in [0.717, 1.165) is 23.6 Å². The molecule has 0 aromatic heterocycles. The Morgan fingerprint density at radius 1 is 1.22 bits per heavy atom. The third-order valence-electron chi connectivity index (χ3n) is 4.29. The quantitative estimate of drug-likeness (QED) is 0.542. The Balaban J connectivity index is 1.91. The van der Waals surface area contributed by atoms with E-state index in [-0.39, 0.29) is 12.4 Å². The molecule has 2 rings (SSSR count). The summed E-state index contributed by atoms with van der Waals surface area (Å²) in [4.78, 5) is 15.8. The minimum Gasteiger partial charge on any atom is -0.396 e. The molecular formula is C19H27NO2S. The van der Waals surface area contributed by atoms with Crippen LogP contribution in [0.4, 0.5) is 0 Å². The van der Waals surface area contributed by atoms with Crippen LogP contribution in [0.1, 0.15) is 55.5 Å². The number of ketones is 1. The van der Waals surface area contributed by atoms with E-state index in [9.17, 15) is 4.79 Å². The van der Waals surface area contributed by atoms with Crippen LogP contribution in [0.5, 0.6) is 0 Å². The van der Waals surface area contributed by atoms with Gasteiger partial charge in [-0.2, -0.15) is 0 Å². The van der Waals surface area contributed by atoms with Gasteiger partial charge < -0.3 is 10.0 Å². The summed E-state index contributed by atoms with van der Waals surface area (Å²) >= 11 is 1.73. The lowest BCUT2D eigenvalue weighted by atomic mass is 10.0. The lowest BCUT2D eigenvalue weighted by Gasteiger charge is -2.18. The Labute approximate surface area is 143 Å². The van der Waals surface area contributed by atoms with E-state index in [2.05, 4.69) is 24.0 Å². The molecule has 0 saturated carbocycles. The van der Waals surface area contributed by atoms with Crippen molar-refractivity contribution >= 4 is 17.5 Å². The minimum atomic E-state index is 0.162. The highest BCUT2D eigenvalue weighted by Gasteiger charge is 2.21. The Bertz CT molecular complexity index is 551. The SMILES string of the molecule is CCCCCc1ccc(C(=O)CN2CSC(CCO)=C2C)cc1. The van der Waals surface area contributed by atoms with Gasteiger partial charge in [0.05, 0.1) is 12.4 Å². The van der Waals surface area contributed by atoms with Crippen molar-refractivity contribution in [2.75, 3.05) is 19.0 Å². The molecule has 23 heavy (non-hydrogen) atoms. The predicted octanol–water partition coefficient (Wildman–Crippen LogP) is 4.22. The van der Waals surface area contributed by atoms with Crippen LogP contribution >= 0.6 is 11.8 Å². The van der Waals surface area contributed by atoms with E-state index in [0.29, 0.717) is 13.0 Å². The zero-order valence-electron chi connectivity index (χ0n) is 14.2. The summed E-state index contributed by atoms with van der Waals surface area (Å²) in [5, 5.41) is 9.06. The van der Waals surface area contributed by atoms with Crippen molar-refractivity contribution in [3.63, 3.8) is 0 Å². The van der Waals surface area contributed by atoms with Gasteiger partial charge in [0.1, 0.15) is 0 Å². The van der Waals surface area contributed by atoms with Gasteiger partial charge in [0.15, 0.2) is 5.78 Å². The Morgan fingerprint density at radius 2 is 1.96 bits per heavy atom. The van der Waals surface area contributed by atoms with Gasteiger partial charge in [0.2, 0.25) is 0 Å². The molecule has 0 unspecified atom stereocenters. The van der Waals surface area contributed by atoms with Crippen molar-refractivity contribution in [1.29, 1.82) is 0 Å². The Kier molecular flexibility index (Phi) is 7.18. The average molecular weight is 333 g/mol. The second kappa shape index (κ2) is 9.14. The highest BCUT2D eigenvalue weighted by Crippen LogP contribution is 2.33. The number of allylic oxidation sites excluding steroid dienone is 1. The fraction of sp³-hybridized carbons (Fsp3) is 0.526. The van der Waals surface area contributed by atoms with Gasteiger partial charge in [0, 0.05) is 29.2 Å². The smallest absolute Gasteiger partial charge is 0.182 e. The van der Waals surface area contributed by atoms with Crippen molar-refractivity contribution in [2.24, 2.45) is 0 Å². The number of carbonyl (C=O) groups excluding carboxylic acids is 1. The number of aliphatic hydroxyl groups excluding tert-OH is 1. The van der Waals surface area contributed by atoms with Gasteiger partial charge in [-0.1, -0.05) is 44.0 Å². The molecule has 0 bridgehead atoms. The second-order valence-electron chi connectivity index (χ2n) is 6.03. The first kappa shape index (κ1) is 18.1. The number of rotatable bonds is 9. The standard InChI is InChI=1S/C19H27NO2S/c1-3-4-5-6-16-7-9-17(10-8-16)18(22)13-20-14-23-19(11-12-21)15(20)2/h7-10,21H,3-6,11-14H2,1-2H3.